The number of anilines is 1. The first-order valence-electron chi connectivity index (χ1n) is 4.19. The van der Waals surface area contributed by atoms with E-state index in [1.165, 1.54) is 0 Å². The van der Waals surface area contributed by atoms with Crippen molar-refractivity contribution in [3.63, 3.8) is 0 Å². The smallest absolute Gasteiger partial charge is 0.739 e. The number of hydrogen-bond acceptors (Lipinski definition) is 6. The Labute approximate surface area is 125 Å². The SMILES string of the molecule is Cc1ccc(NC(=O)CSS(=O)(=O)[O-])nc1.[Na+]. The maximum absolute atomic E-state index is 11.2. The Bertz CT molecular complexity index is 475. The van der Waals surface area contributed by atoms with Crippen LogP contribution in [0.5, 0.6) is 0 Å². The molecule has 1 N–H and O–H groups in total. The molecule has 0 aromatic carbocycles. The molecule has 88 valence electrons. The van der Waals surface area contributed by atoms with Gasteiger partial charge in [-0.3, -0.25) is 4.79 Å². The van der Waals surface area contributed by atoms with Crippen LogP contribution in [-0.2, 0) is 13.9 Å². The van der Waals surface area contributed by atoms with E-state index in [1.807, 2.05) is 6.92 Å². The van der Waals surface area contributed by atoms with Crippen molar-refractivity contribution in [2.75, 3.05) is 11.1 Å². The molecule has 0 bridgehead atoms. The molecule has 17 heavy (non-hydrogen) atoms. The molecule has 0 aliphatic carbocycles. The van der Waals surface area contributed by atoms with E-state index in [2.05, 4.69) is 10.3 Å². The number of hydrogen-bond donors (Lipinski definition) is 1. The Morgan fingerprint density at radius 2 is 2.18 bits per heavy atom. The van der Waals surface area contributed by atoms with Gasteiger partial charge in [-0.2, -0.15) is 0 Å². The number of aryl methyl sites for hydroxylation is 1. The number of rotatable bonds is 4. The van der Waals surface area contributed by atoms with E-state index in [0.717, 1.165) is 5.56 Å². The fourth-order valence-electron chi connectivity index (χ4n) is 0.846. The van der Waals surface area contributed by atoms with Crippen molar-refractivity contribution in [3.05, 3.63) is 23.9 Å². The van der Waals surface area contributed by atoms with Crippen LogP contribution in [0.4, 0.5) is 5.82 Å². The van der Waals surface area contributed by atoms with Gasteiger partial charge in [0.2, 0.25) is 5.91 Å². The molecule has 0 unspecified atom stereocenters. The van der Waals surface area contributed by atoms with Crippen LogP contribution in [0.2, 0.25) is 0 Å². The van der Waals surface area contributed by atoms with Gasteiger partial charge in [-0.1, -0.05) is 6.07 Å². The molecule has 0 aliphatic rings. The summed E-state index contributed by atoms with van der Waals surface area (Å²) in [6.45, 7) is 1.85. The average Bonchev–Trinajstić information content (AvgIpc) is 2.18. The summed E-state index contributed by atoms with van der Waals surface area (Å²) in [5.41, 5.74) is 0.939. The average molecular weight is 284 g/mol. The largest absolute Gasteiger partial charge is 1.00 e. The molecular formula is C8H9N2NaO4S2. The molecule has 6 nitrogen and oxygen atoms in total. The summed E-state index contributed by atoms with van der Waals surface area (Å²) in [6.07, 6.45) is 1.56. The predicted molar refractivity (Wildman–Crippen MR) is 59.8 cm³/mol. The molecule has 0 saturated heterocycles. The van der Waals surface area contributed by atoms with E-state index in [1.54, 1.807) is 18.3 Å². The van der Waals surface area contributed by atoms with Crippen molar-refractivity contribution in [1.29, 1.82) is 0 Å². The van der Waals surface area contributed by atoms with E-state index in [0.29, 0.717) is 5.82 Å². The van der Waals surface area contributed by atoms with Gasteiger partial charge in [0, 0.05) is 6.20 Å². The Hall–Kier alpha value is -0.120. The summed E-state index contributed by atoms with van der Waals surface area (Å²) in [5.74, 6) is -0.707. The van der Waals surface area contributed by atoms with Crippen LogP contribution in [0, 0.1) is 6.92 Å². The van der Waals surface area contributed by atoms with Crippen molar-refractivity contribution in [2.24, 2.45) is 0 Å². The van der Waals surface area contributed by atoms with E-state index < -0.39 is 20.8 Å². The van der Waals surface area contributed by atoms with Gasteiger partial charge in [0.05, 0.1) is 5.75 Å². The molecule has 0 radical (unpaired) electrons. The van der Waals surface area contributed by atoms with Crippen molar-refractivity contribution < 1.29 is 47.3 Å². The quantitative estimate of drug-likeness (QED) is 0.373. The first kappa shape index (κ1) is 16.9. The Morgan fingerprint density at radius 3 is 2.65 bits per heavy atom. The van der Waals surface area contributed by atoms with Gasteiger partial charge >= 0.3 is 29.6 Å². The first-order valence-corrected chi connectivity index (χ1v) is 7.10. The summed E-state index contributed by atoms with van der Waals surface area (Å²) < 4.78 is 30.7. The number of amides is 1. The zero-order chi connectivity index (χ0) is 12.2. The fourth-order valence-corrected chi connectivity index (χ4v) is 1.92. The van der Waals surface area contributed by atoms with Gasteiger partial charge in [-0.25, -0.2) is 13.4 Å². The maximum Gasteiger partial charge on any atom is 1.00 e. The molecule has 0 saturated carbocycles. The fraction of sp³-hybridized carbons (Fsp3) is 0.250. The minimum atomic E-state index is -4.43. The second kappa shape index (κ2) is 7.34. The van der Waals surface area contributed by atoms with Gasteiger partial charge in [0.15, 0.2) is 0 Å². The van der Waals surface area contributed by atoms with E-state index >= 15 is 0 Å². The number of aromatic nitrogens is 1. The molecule has 9 heteroatoms. The standard InChI is InChI=1S/C8H10N2O4S2.Na/c1-6-2-3-7(9-4-6)10-8(11)5-15-16(12,13)14;/h2-4H,5H2,1H3,(H,9,10,11)(H,12,13,14);/q;+1/p-1. The molecule has 0 aliphatic heterocycles. The van der Waals surface area contributed by atoms with Gasteiger partial charge in [-0.05, 0) is 29.3 Å². The summed E-state index contributed by atoms with van der Waals surface area (Å²) in [6, 6.07) is 3.34. The molecule has 1 aromatic rings. The molecule has 1 aromatic heterocycles. The zero-order valence-corrected chi connectivity index (χ0v) is 13.0. The molecular weight excluding hydrogens is 275 g/mol. The summed E-state index contributed by atoms with van der Waals surface area (Å²) in [4.78, 5) is 15.1. The zero-order valence-electron chi connectivity index (χ0n) is 9.34. The number of pyridine rings is 1. The van der Waals surface area contributed by atoms with Gasteiger partial charge in [0.1, 0.15) is 15.0 Å². The van der Waals surface area contributed by atoms with Crippen LogP contribution in [0.3, 0.4) is 0 Å². The molecule has 0 spiro atoms. The van der Waals surface area contributed by atoms with E-state index in [-0.39, 0.29) is 40.4 Å². The van der Waals surface area contributed by atoms with Crippen molar-refractivity contribution in [2.45, 2.75) is 6.92 Å². The first-order chi connectivity index (χ1) is 7.37. The summed E-state index contributed by atoms with van der Waals surface area (Å²) in [5, 5.41) is 2.37. The van der Waals surface area contributed by atoms with Gasteiger partial charge in [-0.15, -0.1) is 0 Å². The van der Waals surface area contributed by atoms with Crippen LogP contribution in [0.25, 0.3) is 0 Å². The monoisotopic (exact) mass is 284 g/mol. The van der Waals surface area contributed by atoms with Crippen LogP contribution in [0.1, 0.15) is 5.56 Å². The summed E-state index contributed by atoms with van der Waals surface area (Å²) in [7, 11) is -4.39. The number of carbonyl (C=O) groups excluding carboxylic acids is 1. The van der Waals surface area contributed by atoms with Crippen molar-refractivity contribution in [1.82, 2.24) is 4.98 Å². The van der Waals surface area contributed by atoms with Crippen molar-refractivity contribution >= 4 is 31.7 Å². The second-order valence-electron chi connectivity index (χ2n) is 2.94. The molecule has 0 atom stereocenters. The minimum Gasteiger partial charge on any atom is -0.739 e. The van der Waals surface area contributed by atoms with Gasteiger partial charge < -0.3 is 9.87 Å². The topological polar surface area (TPSA) is 99.2 Å². The predicted octanol–water partition coefficient (Wildman–Crippen LogP) is -2.47. The molecule has 1 amide bonds. The van der Waals surface area contributed by atoms with Gasteiger partial charge in [0.25, 0.3) is 0 Å². The molecule has 1 heterocycles. The minimum absolute atomic E-state index is 0. The summed E-state index contributed by atoms with van der Waals surface area (Å²) >= 11 is 0. The third kappa shape index (κ3) is 7.74. The van der Waals surface area contributed by atoms with Crippen molar-refractivity contribution in [3.8, 4) is 0 Å². The maximum atomic E-state index is 11.2. The van der Waals surface area contributed by atoms with E-state index in [4.69, 9.17) is 0 Å². The number of nitrogens with zero attached hydrogens (tertiary/aromatic N) is 1. The third-order valence-corrected chi connectivity index (χ3v) is 3.40. The second-order valence-corrected chi connectivity index (χ2v) is 6.21. The van der Waals surface area contributed by atoms with E-state index in [9.17, 15) is 17.8 Å². The Kier molecular flexibility index (Phi) is 7.29. The number of nitrogens with one attached hydrogen (secondary N) is 1. The van der Waals surface area contributed by atoms with Crippen LogP contribution in [-0.4, -0.2) is 29.6 Å². The van der Waals surface area contributed by atoms with Crippen LogP contribution < -0.4 is 34.9 Å². The van der Waals surface area contributed by atoms with Crippen LogP contribution in [0.15, 0.2) is 18.3 Å². The third-order valence-electron chi connectivity index (χ3n) is 1.51. The molecule has 1 rings (SSSR count). The Morgan fingerprint density at radius 1 is 1.53 bits per heavy atom. The number of carbonyl (C=O) groups is 1. The Balaban J connectivity index is 0.00000256. The van der Waals surface area contributed by atoms with Crippen LogP contribution >= 0.6 is 10.8 Å². The normalized spacial score (nSPS) is 10.5. The molecule has 0 fully saturated rings.